The van der Waals surface area contributed by atoms with Crippen LogP contribution in [0, 0.1) is 40.8 Å². The van der Waals surface area contributed by atoms with Gasteiger partial charge in [0.25, 0.3) is 0 Å². The van der Waals surface area contributed by atoms with Crippen LogP contribution in [0.2, 0.25) is 5.02 Å². The maximum atomic E-state index is 11.3. The second-order valence-electron chi connectivity index (χ2n) is 4.11. The zero-order chi connectivity index (χ0) is 15.6. The molecule has 0 unspecified atom stereocenters. The average molecular weight is 475 g/mol. The van der Waals surface area contributed by atoms with E-state index in [-0.39, 0.29) is 63.7 Å². The van der Waals surface area contributed by atoms with E-state index in [9.17, 15) is 13.2 Å². The van der Waals surface area contributed by atoms with Crippen molar-refractivity contribution < 1.29 is 63.6 Å². The SMILES string of the molecule is NS(=O)(=O)c1cc(C(=O)O)c(NCc2ccco2)cc1Cl.[Nd]. The second kappa shape index (κ2) is 7.73. The standard InChI is InChI=1S/C12H11ClN2O5S.Nd/c13-9-5-10(15-6-7-2-1-3-20-7)8(12(16)17)4-11(9)21(14,18)19;/h1-5,15H,6H2,(H,16,17)(H2,14,18,19);. The number of anilines is 1. The molecule has 0 bridgehead atoms. The Labute approximate surface area is 164 Å². The van der Waals surface area contributed by atoms with E-state index in [4.69, 9.17) is 26.3 Å². The number of nitrogens with one attached hydrogen (secondary N) is 1. The smallest absolute Gasteiger partial charge is 0.337 e. The number of hydrogen-bond donors (Lipinski definition) is 3. The van der Waals surface area contributed by atoms with E-state index in [1.807, 2.05) is 0 Å². The van der Waals surface area contributed by atoms with Crippen molar-refractivity contribution in [2.45, 2.75) is 11.4 Å². The van der Waals surface area contributed by atoms with Crippen molar-refractivity contribution in [2.75, 3.05) is 5.32 Å². The van der Waals surface area contributed by atoms with Gasteiger partial charge in [0.15, 0.2) is 0 Å². The molecule has 0 spiro atoms. The molecule has 0 fully saturated rings. The summed E-state index contributed by atoms with van der Waals surface area (Å²) in [5.41, 5.74) is -0.0914. The van der Waals surface area contributed by atoms with Crippen LogP contribution in [0.5, 0.6) is 0 Å². The minimum absolute atomic E-state index is 0. The van der Waals surface area contributed by atoms with Crippen LogP contribution in [0.25, 0.3) is 0 Å². The van der Waals surface area contributed by atoms with Gasteiger partial charge in [0.05, 0.1) is 29.1 Å². The number of nitrogens with two attached hydrogens (primary N) is 1. The molecule has 7 nitrogen and oxygen atoms in total. The van der Waals surface area contributed by atoms with Crippen molar-refractivity contribution in [3.8, 4) is 0 Å². The number of sulfonamides is 1. The third-order valence-electron chi connectivity index (χ3n) is 2.64. The van der Waals surface area contributed by atoms with Gasteiger partial charge in [-0.3, -0.25) is 0 Å². The van der Waals surface area contributed by atoms with E-state index in [0.717, 1.165) is 6.07 Å². The molecule has 0 radical (unpaired) electrons. The first kappa shape index (κ1) is 19.4. The van der Waals surface area contributed by atoms with Gasteiger partial charge in [-0.2, -0.15) is 0 Å². The molecule has 1 aromatic heterocycles. The van der Waals surface area contributed by atoms with Crippen LogP contribution in [0.15, 0.2) is 39.8 Å². The molecule has 2 aromatic rings. The summed E-state index contributed by atoms with van der Waals surface area (Å²) in [7, 11) is -4.11. The molecule has 0 atom stereocenters. The van der Waals surface area contributed by atoms with Crippen LogP contribution in [0.1, 0.15) is 16.1 Å². The molecule has 10 heteroatoms. The fourth-order valence-corrected chi connectivity index (χ4v) is 2.79. The second-order valence-corrected chi connectivity index (χ2v) is 6.05. The first-order valence-corrected chi connectivity index (χ1v) is 7.57. The Morgan fingerprint density at radius 2 is 2.09 bits per heavy atom. The van der Waals surface area contributed by atoms with Crippen LogP contribution in [0.3, 0.4) is 0 Å². The average Bonchev–Trinajstić information content (AvgIpc) is 2.87. The van der Waals surface area contributed by atoms with Gasteiger partial charge in [0, 0.05) is 40.8 Å². The fourth-order valence-electron chi connectivity index (χ4n) is 1.69. The van der Waals surface area contributed by atoms with Gasteiger partial charge >= 0.3 is 5.97 Å². The summed E-state index contributed by atoms with van der Waals surface area (Å²) in [4.78, 5) is 10.8. The van der Waals surface area contributed by atoms with Gasteiger partial charge in [-0.25, -0.2) is 18.4 Å². The Morgan fingerprint density at radius 1 is 1.41 bits per heavy atom. The molecule has 1 aromatic carbocycles. The van der Waals surface area contributed by atoms with Crippen LogP contribution in [-0.2, 0) is 16.6 Å². The summed E-state index contributed by atoms with van der Waals surface area (Å²) in [6.07, 6.45) is 1.48. The number of aromatic carboxylic acids is 1. The predicted octanol–water partition coefficient (Wildman–Crippen LogP) is 1.89. The first-order chi connectivity index (χ1) is 9.79. The van der Waals surface area contributed by atoms with E-state index in [1.165, 1.54) is 12.3 Å². The summed E-state index contributed by atoms with van der Waals surface area (Å²) in [6, 6.07) is 5.51. The zero-order valence-electron chi connectivity index (χ0n) is 11.0. The van der Waals surface area contributed by atoms with E-state index < -0.39 is 20.9 Å². The quantitative estimate of drug-likeness (QED) is 0.608. The fraction of sp³-hybridized carbons (Fsp3) is 0.0833. The van der Waals surface area contributed by atoms with Gasteiger partial charge in [0.2, 0.25) is 10.0 Å². The summed E-state index contributed by atoms with van der Waals surface area (Å²) < 4.78 is 27.8. The van der Waals surface area contributed by atoms with Gasteiger partial charge in [-0.05, 0) is 24.3 Å². The maximum Gasteiger partial charge on any atom is 0.337 e. The van der Waals surface area contributed by atoms with Gasteiger partial charge < -0.3 is 14.8 Å². The van der Waals surface area contributed by atoms with E-state index in [0.29, 0.717) is 5.76 Å². The molecular formula is C12H11ClN2NdO5S. The van der Waals surface area contributed by atoms with Crippen molar-refractivity contribution in [2.24, 2.45) is 5.14 Å². The molecule has 0 saturated heterocycles. The molecule has 0 amide bonds. The number of primary sulfonamides is 1. The van der Waals surface area contributed by atoms with E-state index in [2.05, 4.69) is 5.32 Å². The summed E-state index contributed by atoms with van der Waals surface area (Å²) in [6.45, 7) is 0.221. The van der Waals surface area contributed by atoms with Crippen LogP contribution >= 0.6 is 11.6 Å². The number of hydrogen-bond acceptors (Lipinski definition) is 5. The number of benzene rings is 1. The van der Waals surface area contributed by atoms with Crippen molar-refractivity contribution in [1.82, 2.24) is 0 Å². The monoisotopic (exact) mass is 472 g/mol. The van der Waals surface area contributed by atoms with Crippen molar-refractivity contribution in [3.63, 3.8) is 0 Å². The number of furan rings is 1. The normalized spacial score (nSPS) is 10.8. The van der Waals surface area contributed by atoms with Gasteiger partial charge in [-0.15, -0.1) is 0 Å². The molecule has 0 aliphatic carbocycles. The summed E-state index contributed by atoms with van der Waals surface area (Å²) in [5.74, 6) is -0.725. The first-order valence-electron chi connectivity index (χ1n) is 5.65. The minimum atomic E-state index is -4.11. The third kappa shape index (κ3) is 4.66. The van der Waals surface area contributed by atoms with E-state index >= 15 is 0 Å². The Balaban J connectivity index is 0.00000242. The van der Waals surface area contributed by atoms with Crippen molar-refractivity contribution >= 4 is 33.3 Å². The minimum Gasteiger partial charge on any atom is -0.478 e. The van der Waals surface area contributed by atoms with Gasteiger partial charge in [0.1, 0.15) is 10.7 Å². The number of rotatable bonds is 5. The van der Waals surface area contributed by atoms with Gasteiger partial charge in [-0.1, -0.05) is 11.6 Å². The van der Waals surface area contributed by atoms with Crippen LogP contribution < -0.4 is 10.5 Å². The van der Waals surface area contributed by atoms with Crippen LogP contribution in [-0.4, -0.2) is 19.5 Å². The number of carboxylic acid groups (broad SMARTS) is 1. The number of carbonyl (C=O) groups is 1. The molecule has 22 heavy (non-hydrogen) atoms. The molecule has 1 heterocycles. The zero-order valence-corrected chi connectivity index (χ0v) is 15.8. The third-order valence-corrected chi connectivity index (χ3v) is 4.02. The molecular weight excluding hydrogens is 464 g/mol. The van der Waals surface area contributed by atoms with Crippen LogP contribution in [0.4, 0.5) is 5.69 Å². The van der Waals surface area contributed by atoms with Crippen molar-refractivity contribution in [1.29, 1.82) is 0 Å². The molecule has 0 aliphatic heterocycles. The molecule has 116 valence electrons. The molecule has 4 N–H and O–H groups in total. The summed E-state index contributed by atoms with van der Waals surface area (Å²) in [5, 5.41) is 16.8. The van der Waals surface area contributed by atoms with Crippen molar-refractivity contribution in [3.05, 3.63) is 46.9 Å². The molecule has 0 saturated carbocycles. The maximum absolute atomic E-state index is 11.3. The number of carboxylic acids is 1. The Kier molecular flexibility index (Phi) is 6.81. The Morgan fingerprint density at radius 3 is 2.59 bits per heavy atom. The molecule has 0 aliphatic rings. The largest absolute Gasteiger partial charge is 0.478 e. The predicted molar refractivity (Wildman–Crippen MR) is 75.8 cm³/mol. The van der Waals surface area contributed by atoms with E-state index in [1.54, 1.807) is 12.1 Å². The number of halogens is 1. The molecule has 2 rings (SSSR count). The topological polar surface area (TPSA) is 123 Å². The Bertz CT molecular complexity index is 777. The Hall–Kier alpha value is -0.679. The summed E-state index contributed by atoms with van der Waals surface area (Å²) >= 11 is 5.84.